The lowest BCUT2D eigenvalue weighted by atomic mass is 10.3. The molecule has 1 atom stereocenters. The lowest BCUT2D eigenvalue weighted by Crippen LogP contribution is -2.08. The number of aryl methyl sites for hydroxylation is 1. The predicted molar refractivity (Wildman–Crippen MR) is 72.7 cm³/mol. The Bertz CT molecular complexity index is 371. The van der Waals surface area contributed by atoms with Crippen molar-refractivity contribution in [3.8, 4) is 0 Å². The van der Waals surface area contributed by atoms with Crippen molar-refractivity contribution in [2.24, 2.45) is 0 Å². The fraction of sp³-hybridized carbons (Fsp3) is 0.667. The first-order chi connectivity index (χ1) is 8.12. The van der Waals surface area contributed by atoms with Crippen LogP contribution in [0.15, 0.2) is 5.03 Å². The van der Waals surface area contributed by atoms with E-state index in [0.29, 0.717) is 0 Å². The highest BCUT2D eigenvalue weighted by Crippen LogP contribution is 2.28. The van der Waals surface area contributed by atoms with Crippen molar-refractivity contribution in [1.29, 1.82) is 0 Å². The number of nitrogens with one attached hydrogen (secondary N) is 1. The van der Waals surface area contributed by atoms with Crippen LogP contribution in [0.1, 0.15) is 31.7 Å². The minimum Gasteiger partial charge on any atom is -0.395 e. The molecule has 0 aliphatic heterocycles. The Balaban J connectivity index is 3.04. The van der Waals surface area contributed by atoms with Crippen LogP contribution in [0, 0.1) is 6.92 Å². The molecule has 0 spiro atoms. The van der Waals surface area contributed by atoms with Crippen LogP contribution in [-0.2, 0) is 6.42 Å². The number of hydrogen-bond acceptors (Lipinski definition) is 5. The number of aliphatic hydroxyl groups is 1. The van der Waals surface area contributed by atoms with Gasteiger partial charge in [-0.2, -0.15) is 0 Å². The molecule has 0 aromatic carbocycles. The summed E-state index contributed by atoms with van der Waals surface area (Å²) in [5.41, 5.74) is 1.05. The van der Waals surface area contributed by atoms with Gasteiger partial charge in [0.15, 0.2) is 0 Å². The van der Waals surface area contributed by atoms with Gasteiger partial charge in [0.25, 0.3) is 0 Å². The van der Waals surface area contributed by atoms with Gasteiger partial charge in [-0.15, -0.1) is 11.8 Å². The second-order valence-electron chi connectivity index (χ2n) is 4.03. The van der Waals surface area contributed by atoms with Gasteiger partial charge >= 0.3 is 0 Å². The van der Waals surface area contributed by atoms with Gasteiger partial charge in [0.1, 0.15) is 16.7 Å². The van der Waals surface area contributed by atoms with Crippen molar-refractivity contribution in [2.45, 2.75) is 43.9 Å². The Morgan fingerprint density at radius 3 is 2.65 bits per heavy atom. The number of nitrogens with zero attached hydrogens (tertiary/aromatic N) is 2. The zero-order chi connectivity index (χ0) is 12.8. The van der Waals surface area contributed by atoms with Crippen molar-refractivity contribution in [1.82, 2.24) is 9.97 Å². The molecule has 0 amide bonds. The topological polar surface area (TPSA) is 58.0 Å². The van der Waals surface area contributed by atoms with E-state index in [-0.39, 0.29) is 11.9 Å². The second kappa shape index (κ2) is 6.81. The molecule has 0 saturated heterocycles. The molecule has 17 heavy (non-hydrogen) atoms. The summed E-state index contributed by atoms with van der Waals surface area (Å²) in [4.78, 5) is 9.04. The van der Waals surface area contributed by atoms with Crippen LogP contribution in [0.3, 0.4) is 0 Å². The third kappa shape index (κ3) is 3.85. The molecule has 0 radical (unpaired) electrons. The molecule has 1 heterocycles. The van der Waals surface area contributed by atoms with Crippen molar-refractivity contribution in [3.63, 3.8) is 0 Å². The molecule has 96 valence electrons. The molecule has 1 unspecified atom stereocenters. The van der Waals surface area contributed by atoms with Gasteiger partial charge in [0.2, 0.25) is 0 Å². The lowest BCUT2D eigenvalue weighted by molar-refractivity contribution is 0.300. The molecule has 4 nitrogen and oxygen atoms in total. The predicted octanol–water partition coefficient (Wildman–Crippen LogP) is 2.25. The van der Waals surface area contributed by atoms with Crippen LogP contribution in [0.2, 0.25) is 0 Å². The van der Waals surface area contributed by atoms with Gasteiger partial charge < -0.3 is 10.4 Å². The van der Waals surface area contributed by atoms with E-state index in [0.717, 1.165) is 35.1 Å². The normalized spacial score (nSPS) is 12.5. The Kier molecular flexibility index (Phi) is 5.71. The lowest BCUT2D eigenvalue weighted by Gasteiger charge is -2.13. The van der Waals surface area contributed by atoms with Crippen LogP contribution >= 0.6 is 11.8 Å². The Morgan fingerprint density at radius 2 is 2.12 bits per heavy atom. The van der Waals surface area contributed by atoms with Crippen LogP contribution in [0.4, 0.5) is 5.82 Å². The molecule has 0 aliphatic carbocycles. The molecule has 1 rings (SSSR count). The van der Waals surface area contributed by atoms with Gasteiger partial charge in [-0.25, -0.2) is 9.97 Å². The fourth-order valence-corrected chi connectivity index (χ4v) is 2.35. The Morgan fingerprint density at radius 1 is 1.41 bits per heavy atom. The highest BCUT2D eigenvalue weighted by molar-refractivity contribution is 7.99. The van der Waals surface area contributed by atoms with Crippen LogP contribution in [0.25, 0.3) is 0 Å². The number of thioether (sulfide) groups is 1. The summed E-state index contributed by atoms with van der Waals surface area (Å²) in [5, 5.41) is 13.3. The zero-order valence-electron chi connectivity index (χ0n) is 10.9. The molecular formula is C12H21N3OS. The van der Waals surface area contributed by atoms with E-state index >= 15 is 0 Å². The SMILES string of the molecule is CCCc1nc(NC)c(C)c(SC(C)CO)n1. The summed E-state index contributed by atoms with van der Waals surface area (Å²) >= 11 is 1.60. The minimum absolute atomic E-state index is 0.155. The molecule has 1 aromatic rings. The molecule has 5 heteroatoms. The summed E-state index contributed by atoms with van der Waals surface area (Å²) in [5.74, 6) is 1.76. The maximum atomic E-state index is 9.11. The first-order valence-electron chi connectivity index (χ1n) is 5.95. The Labute approximate surface area is 107 Å². The standard InChI is InChI=1S/C12H21N3OS/c1-5-6-10-14-11(13-4)9(3)12(15-10)17-8(2)7-16/h8,16H,5-7H2,1-4H3,(H,13,14,15). The smallest absolute Gasteiger partial charge is 0.133 e. The van der Waals surface area contributed by atoms with E-state index in [1.165, 1.54) is 0 Å². The minimum atomic E-state index is 0.155. The van der Waals surface area contributed by atoms with E-state index in [2.05, 4.69) is 22.2 Å². The van der Waals surface area contributed by atoms with Crippen molar-refractivity contribution < 1.29 is 5.11 Å². The number of rotatable bonds is 6. The van der Waals surface area contributed by atoms with Crippen molar-refractivity contribution in [2.75, 3.05) is 19.0 Å². The van der Waals surface area contributed by atoms with Gasteiger partial charge in [-0.1, -0.05) is 13.8 Å². The molecule has 1 aromatic heterocycles. The monoisotopic (exact) mass is 255 g/mol. The van der Waals surface area contributed by atoms with E-state index in [9.17, 15) is 0 Å². The first kappa shape index (κ1) is 14.3. The third-order valence-corrected chi connectivity index (χ3v) is 3.60. The number of aliphatic hydroxyl groups excluding tert-OH is 1. The van der Waals surface area contributed by atoms with Crippen LogP contribution in [0.5, 0.6) is 0 Å². The first-order valence-corrected chi connectivity index (χ1v) is 6.83. The van der Waals surface area contributed by atoms with Crippen LogP contribution < -0.4 is 5.32 Å². The number of anilines is 1. The van der Waals surface area contributed by atoms with Gasteiger partial charge in [-0.3, -0.25) is 0 Å². The van der Waals surface area contributed by atoms with Crippen molar-refractivity contribution in [3.05, 3.63) is 11.4 Å². The van der Waals surface area contributed by atoms with E-state index in [4.69, 9.17) is 5.11 Å². The third-order valence-electron chi connectivity index (χ3n) is 2.43. The van der Waals surface area contributed by atoms with E-state index in [1.807, 2.05) is 20.9 Å². The summed E-state index contributed by atoms with van der Waals surface area (Å²) in [7, 11) is 1.87. The second-order valence-corrected chi connectivity index (χ2v) is 5.46. The van der Waals surface area contributed by atoms with Crippen LogP contribution in [-0.4, -0.2) is 34.0 Å². The highest BCUT2D eigenvalue weighted by Gasteiger charge is 2.12. The van der Waals surface area contributed by atoms with Crippen molar-refractivity contribution >= 4 is 17.6 Å². The highest BCUT2D eigenvalue weighted by atomic mass is 32.2. The van der Waals surface area contributed by atoms with E-state index in [1.54, 1.807) is 11.8 Å². The maximum absolute atomic E-state index is 9.11. The van der Waals surface area contributed by atoms with Gasteiger partial charge in [0, 0.05) is 24.3 Å². The largest absolute Gasteiger partial charge is 0.395 e. The van der Waals surface area contributed by atoms with Gasteiger partial charge in [-0.05, 0) is 13.3 Å². The summed E-state index contributed by atoms with van der Waals surface area (Å²) in [6.45, 7) is 6.27. The summed E-state index contributed by atoms with van der Waals surface area (Å²) in [6.07, 6.45) is 1.92. The number of hydrogen-bond donors (Lipinski definition) is 2. The molecular weight excluding hydrogens is 234 g/mol. The van der Waals surface area contributed by atoms with E-state index < -0.39 is 0 Å². The maximum Gasteiger partial charge on any atom is 0.133 e. The fourth-order valence-electron chi connectivity index (χ4n) is 1.46. The summed E-state index contributed by atoms with van der Waals surface area (Å²) < 4.78 is 0. The molecule has 2 N–H and O–H groups in total. The van der Waals surface area contributed by atoms with Gasteiger partial charge in [0.05, 0.1) is 6.61 Å². The quantitative estimate of drug-likeness (QED) is 0.603. The Hall–Kier alpha value is -0.810. The average molecular weight is 255 g/mol. The molecule has 0 saturated carbocycles. The molecule has 0 bridgehead atoms. The zero-order valence-corrected chi connectivity index (χ0v) is 11.8. The number of aromatic nitrogens is 2. The molecule has 0 aliphatic rings. The molecule has 0 fully saturated rings. The average Bonchev–Trinajstić information content (AvgIpc) is 2.33. The summed E-state index contributed by atoms with van der Waals surface area (Å²) in [6, 6.07) is 0.